The molecule has 1 aliphatic heterocycles. The van der Waals surface area contributed by atoms with Gasteiger partial charge in [0.05, 0.1) is 5.92 Å². The van der Waals surface area contributed by atoms with E-state index < -0.39 is 5.97 Å². The maximum atomic E-state index is 11.3. The highest BCUT2D eigenvalue weighted by atomic mass is 16.4. The molecule has 0 spiro atoms. The molecule has 1 aliphatic rings. The molecule has 1 aromatic carbocycles. The number of hydrogen-bond donors (Lipinski definition) is 1. The summed E-state index contributed by atoms with van der Waals surface area (Å²) in [5.74, 6) is -1.05. The number of rotatable bonds is 2. The van der Waals surface area contributed by atoms with E-state index in [0.717, 1.165) is 12.2 Å². The third kappa shape index (κ3) is 3.26. The second kappa shape index (κ2) is 5.61. The van der Waals surface area contributed by atoms with Gasteiger partial charge in [-0.1, -0.05) is 17.7 Å². The van der Waals surface area contributed by atoms with Gasteiger partial charge in [0.1, 0.15) is 0 Å². The van der Waals surface area contributed by atoms with Gasteiger partial charge in [0.25, 0.3) is 0 Å². The number of carboxylic acids is 1. The zero-order valence-corrected chi connectivity index (χ0v) is 11.8. The first-order chi connectivity index (χ1) is 8.97. The summed E-state index contributed by atoms with van der Waals surface area (Å²) < 4.78 is 0. The van der Waals surface area contributed by atoms with Crippen LogP contribution in [0, 0.1) is 12.8 Å². The van der Waals surface area contributed by atoms with E-state index in [-0.39, 0.29) is 5.92 Å². The van der Waals surface area contributed by atoms with E-state index in [0.29, 0.717) is 19.1 Å². The first-order valence-corrected chi connectivity index (χ1v) is 6.72. The molecule has 4 nitrogen and oxygen atoms in total. The van der Waals surface area contributed by atoms with Crippen LogP contribution in [0.15, 0.2) is 24.3 Å². The fourth-order valence-electron chi connectivity index (χ4n) is 2.51. The van der Waals surface area contributed by atoms with Gasteiger partial charge in [0, 0.05) is 31.4 Å². The van der Waals surface area contributed by atoms with Gasteiger partial charge in [-0.05, 0) is 33.0 Å². The summed E-state index contributed by atoms with van der Waals surface area (Å²) in [5.41, 5.74) is 2.33. The highest BCUT2D eigenvalue weighted by molar-refractivity contribution is 5.71. The maximum Gasteiger partial charge on any atom is 0.309 e. The van der Waals surface area contributed by atoms with Gasteiger partial charge in [-0.2, -0.15) is 0 Å². The molecule has 19 heavy (non-hydrogen) atoms. The molecule has 104 valence electrons. The summed E-state index contributed by atoms with van der Waals surface area (Å²) in [5, 5.41) is 9.32. The highest BCUT2D eigenvalue weighted by Crippen LogP contribution is 2.21. The molecule has 1 N–H and O–H groups in total. The van der Waals surface area contributed by atoms with E-state index in [9.17, 15) is 9.90 Å². The minimum absolute atomic E-state index is 0.337. The fraction of sp³-hybridized carbons (Fsp3) is 0.533. The number of aliphatic carboxylic acids is 1. The van der Waals surface area contributed by atoms with Crippen molar-refractivity contribution in [1.29, 1.82) is 0 Å². The van der Waals surface area contributed by atoms with Crippen LogP contribution in [0.1, 0.15) is 12.5 Å². The van der Waals surface area contributed by atoms with Crippen LogP contribution in [-0.2, 0) is 4.79 Å². The zero-order chi connectivity index (χ0) is 14.0. The topological polar surface area (TPSA) is 43.8 Å². The lowest BCUT2D eigenvalue weighted by atomic mass is 10.1. The molecule has 4 heteroatoms. The molecule has 2 atom stereocenters. The Bertz CT molecular complexity index is 444. The van der Waals surface area contributed by atoms with Crippen LogP contribution in [0.4, 0.5) is 5.69 Å². The molecule has 0 aliphatic carbocycles. The number of anilines is 1. The summed E-state index contributed by atoms with van der Waals surface area (Å²) in [6, 6.07) is 8.65. The molecule has 1 saturated heterocycles. The molecule has 0 saturated carbocycles. The van der Waals surface area contributed by atoms with Crippen molar-refractivity contribution in [3.8, 4) is 0 Å². The Labute approximate surface area is 114 Å². The first kappa shape index (κ1) is 13.9. The highest BCUT2D eigenvalue weighted by Gasteiger charge is 2.29. The Hall–Kier alpha value is -1.55. The minimum atomic E-state index is -0.710. The van der Waals surface area contributed by atoms with E-state index in [1.165, 1.54) is 5.56 Å². The van der Waals surface area contributed by atoms with Crippen LogP contribution < -0.4 is 4.90 Å². The standard InChI is InChI=1S/C15H22N2O2/c1-11-4-6-14(7-5-11)17-8-12(2)16(3)9-13(10-17)15(18)19/h4-7,12-13H,8-10H2,1-3H3,(H,18,19). The van der Waals surface area contributed by atoms with Crippen LogP contribution in [0.5, 0.6) is 0 Å². The van der Waals surface area contributed by atoms with Crippen molar-refractivity contribution >= 4 is 11.7 Å². The summed E-state index contributed by atoms with van der Waals surface area (Å²) in [6.07, 6.45) is 0. The normalized spacial score (nSPS) is 25.1. The van der Waals surface area contributed by atoms with Crippen LogP contribution in [0.25, 0.3) is 0 Å². The molecule has 2 rings (SSSR count). The van der Waals surface area contributed by atoms with E-state index in [1.54, 1.807) is 0 Å². The zero-order valence-electron chi connectivity index (χ0n) is 11.8. The van der Waals surface area contributed by atoms with Crippen molar-refractivity contribution < 1.29 is 9.90 Å². The van der Waals surface area contributed by atoms with E-state index in [2.05, 4.69) is 47.9 Å². The second-order valence-electron chi connectivity index (χ2n) is 5.56. The fourth-order valence-corrected chi connectivity index (χ4v) is 2.51. The number of carbonyl (C=O) groups is 1. The lowest BCUT2D eigenvalue weighted by molar-refractivity contribution is -0.141. The van der Waals surface area contributed by atoms with Crippen molar-refractivity contribution in [2.75, 3.05) is 31.6 Å². The van der Waals surface area contributed by atoms with Crippen molar-refractivity contribution in [3.63, 3.8) is 0 Å². The number of aryl methyl sites for hydroxylation is 1. The van der Waals surface area contributed by atoms with Gasteiger partial charge in [-0.3, -0.25) is 4.79 Å². The minimum Gasteiger partial charge on any atom is -0.481 e. The molecule has 1 fully saturated rings. The van der Waals surface area contributed by atoms with Crippen molar-refractivity contribution in [1.82, 2.24) is 4.90 Å². The van der Waals surface area contributed by atoms with E-state index in [1.807, 2.05) is 7.05 Å². The van der Waals surface area contributed by atoms with Crippen molar-refractivity contribution in [3.05, 3.63) is 29.8 Å². The van der Waals surface area contributed by atoms with E-state index >= 15 is 0 Å². The Morgan fingerprint density at radius 3 is 2.42 bits per heavy atom. The lowest BCUT2D eigenvalue weighted by Gasteiger charge is -2.27. The van der Waals surface area contributed by atoms with Crippen LogP contribution in [-0.4, -0.2) is 48.7 Å². The molecule has 0 radical (unpaired) electrons. The number of hydrogen-bond acceptors (Lipinski definition) is 3. The summed E-state index contributed by atoms with van der Waals surface area (Å²) in [7, 11) is 2.00. The predicted molar refractivity (Wildman–Crippen MR) is 76.6 cm³/mol. The largest absolute Gasteiger partial charge is 0.481 e. The molecule has 0 amide bonds. The van der Waals surface area contributed by atoms with Crippen LogP contribution >= 0.6 is 0 Å². The van der Waals surface area contributed by atoms with Crippen LogP contribution in [0.3, 0.4) is 0 Å². The van der Waals surface area contributed by atoms with E-state index in [4.69, 9.17) is 0 Å². The second-order valence-corrected chi connectivity index (χ2v) is 5.56. The average molecular weight is 262 g/mol. The molecule has 1 heterocycles. The molecule has 0 bridgehead atoms. The Kier molecular flexibility index (Phi) is 4.10. The van der Waals surface area contributed by atoms with Gasteiger partial charge in [0.15, 0.2) is 0 Å². The van der Waals surface area contributed by atoms with Crippen molar-refractivity contribution in [2.45, 2.75) is 19.9 Å². The van der Waals surface area contributed by atoms with Crippen molar-refractivity contribution in [2.24, 2.45) is 5.92 Å². The number of nitrogens with zero attached hydrogens (tertiary/aromatic N) is 2. The van der Waals surface area contributed by atoms with Gasteiger partial charge in [-0.25, -0.2) is 0 Å². The third-order valence-electron chi connectivity index (χ3n) is 3.93. The lowest BCUT2D eigenvalue weighted by Crippen LogP contribution is -2.36. The molecule has 0 aromatic heterocycles. The molecule has 2 unspecified atom stereocenters. The average Bonchev–Trinajstić information content (AvgIpc) is 2.51. The van der Waals surface area contributed by atoms with Crippen LogP contribution in [0.2, 0.25) is 0 Å². The Balaban J connectivity index is 2.23. The SMILES string of the molecule is Cc1ccc(N2CC(C(=O)O)CN(C)C(C)C2)cc1. The van der Waals surface area contributed by atoms with Gasteiger partial charge in [-0.15, -0.1) is 0 Å². The van der Waals surface area contributed by atoms with Gasteiger partial charge >= 0.3 is 5.97 Å². The number of likely N-dealkylation sites (N-methyl/N-ethyl adjacent to an activating group) is 1. The Morgan fingerprint density at radius 1 is 1.21 bits per heavy atom. The number of carboxylic acid groups (broad SMARTS) is 1. The third-order valence-corrected chi connectivity index (χ3v) is 3.93. The summed E-state index contributed by atoms with van der Waals surface area (Å²) in [4.78, 5) is 15.7. The smallest absolute Gasteiger partial charge is 0.309 e. The Morgan fingerprint density at radius 2 is 1.84 bits per heavy atom. The van der Waals surface area contributed by atoms with Gasteiger partial charge in [0.2, 0.25) is 0 Å². The first-order valence-electron chi connectivity index (χ1n) is 6.72. The molecular weight excluding hydrogens is 240 g/mol. The monoisotopic (exact) mass is 262 g/mol. The number of benzene rings is 1. The molecule has 1 aromatic rings. The summed E-state index contributed by atoms with van der Waals surface area (Å²) in [6.45, 7) is 6.25. The quantitative estimate of drug-likeness (QED) is 0.883. The van der Waals surface area contributed by atoms with Gasteiger partial charge < -0.3 is 14.9 Å². The summed E-state index contributed by atoms with van der Waals surface area (Å²) >= 11 is 0. The maximum absolute atomic E-state index is 11.3. The predicted octanol–water partition coefficient (Wildman–Crippen LogP) is 1.84. The molecular formula is C15H22N2O2.